The zero-order valence-corrected chi connectivity index (χ0v) is 53.6. The van der Waals surface area contributed by atoms with Crippen LogP contribution in [0.4, 0.5) is 23.3 Å². The number of sulfone groups is 1. The van der Waals surface area contributed by atoms with Gasteiger partial charge in [0, 0.05) is 102 Å². The molecule has 0 amide bonds. The second-order valence-electron chi connectivity index (χ2n) is 24.0. The lowest BCUT2D eigenvalue weighted by molar-refractivity contribution is 0.0357. The molecule has 0 bridgehead atoms. The van der Waals surface area contributed by atoms with Crippen LogP contribution in [0.3, 0.4) is 0 Å². The highest BCUT2D eigenvalue weighted by Gasteiger charge is 2.27. The maximum Gasteiger partial charge on any atom is 0.214 e. The molecule has 3 aliphatic heterocycles. The second-order valence-corrected chi connectivity index (χ2v) is 26.3. The van der Waals surface area contributed by atoms with Crippen molar-refractivity contribution in [3.63, 3.8) is 0 Å². The molecule has 19 nitrogen and oxygen atoms in total. The summed E-state index contributed by atoms with van der Waals surface area (Å²) in [6, 6.07) is 25.4. The fourth-order valence-electron chi connectivity index (χ4n) is 11.7. The van der Waals surface area contributed by atoms with Gasteiger partial charge in [-0.3, -0.25) is 4.90 Å². The summed E-state index contributed by atoms with van der Waals surface area (Å²) in [7, 11) is 1.27. The number of benzene rings is 3. The number of pyridine rings is 3. The topological polar surface area (TPSA) is 214 Å². The van der Waals surface area contributed by atoms with Crippen LogP contribution in [0, 0.1) is 62.3 Å². The third kappa shape index (κ3) is 14.3. The van der Waals surface area contributed by atoms with Gasteiger partial charge in [0.25, 0.3) is 0 Å². The molecule has 3 N–H and O–H groups in total. The molecular weight excluding hydrogens is 1110 g/mol. The number of aryl methyl sites for hydroxylation is 6. The Balaban J connectivity index is 0.000000145. The van der Waals surface area contributed by atoms with Gasteiger partial charge < -0.3 is 35.2 Å². The van der Waals surface area contributed by atoms with E-state index in [0.29, 0.717) is 30.7 Å². The molecule has 0 radical (unpaired) electrons. The highest BCUT2D eigenvalue weighted by atomic mass is 32.2. The van der Waals surface area contributed by atoms with Crippen molar-refractivity contribution in [2.45, 2.75) is 120 Å². The number of fused-ring (bicyclic) bond motifs is 3. The molecule has 3 saturated heterocycles. The standard InChI is InChI=1S/C23H29N5O.C22H27N5O2S.C22H27N5O/c1-14-7-6-8-19(15(14)2)16(3)25-23-20-11-22(29-18-9-10-28(5)13-18)24-12-21(20)17(4)26-27-23;1-14-6-5-7-18(15(14)2)16(3)24-22-19-12-21(23-13-20(19)17(4)25-26-22)27-8-10-30(28,29)11-9-27;1-13-7-6-8-18(14(13)2)15(3)24-22-19-9-21(28-17-11-27(5)12-17)23-10-20(19)16(4)25-26-22/h6-8,11-12,16,18H,9-10,13H2,1-5H3,(H,25,27);5-7,12-13,16H,8-11H2,1-4H3,(H,24,26);6-10,15,17H,11-12H2,1-5H3,(H,24,26)/t16-,18+;16-;15-/m111/s1. The number of anilines is 4. The molecule has 3 fully saturated rings. The smallest absolute Gasteiger partial charge is 0.214 e. The highest BCUT2D eigenvalue weighted by molar-refractivity contribution is 7.91. The lowest BCUT2D eigenvalue weighted by Gasteiger charge is -2.35. The number of ether oxygens (including phenoxy) is 2. The molecule has 20 heteroatoms. The molecule has 0 unspecified atom stereocenters. The molecule has 3 aromatic carbocycles. The van der Waals surface area contributed by atoms with Gasteiger partial charge in [-0.1, -0.05) is 54.6 Å². The van der Waals surface area contributed by atoms with Crippen LogP contribution in [0.2, 0.25) is 0 Å². The number of hydrogen-bond acceptors (Lipinski definition) is 19. The van der Waals surface area contributed by atoms with Crippen molar-refractivity contribution in [3.05, 3.63) is 159 Å². The fraction of sp³-hybridized carbons (Fsp3) is 0.418. The van der Waals surface area contributed by atoms with Gasteiger partial charge in [-0.15, -0.1) is 15.3 Å². The lowest BCUT2D eigenvalue weighted by Crippen LogP contribution is -2.51. The predicted octanol–water partition coefficient (Wildman–Crippen LogP) is 11.4. The van der Waals surface area contributed by atoms with Gasteiger partial charge >= 0.3 is 0 Å². The normalized spacial score (nSPS) is 17.1. The van der Waals surface area contributed by atoms with Crippen LogP contribution in [0.15, 0.2) is 91.4 Å². The molecule has 3 aliphatic rings. The first kappa shape index (κ1) is 61.9. The average Bonchev–Trinajstić information content (AvgIpc) is 1.82. The number of nitrogens with zero attached hydrogens (tertiary/aromatic N) is 12. The van der Waals surface area contributed by atoms with E-state index in [1.54, 1.807) is 0 Å². The molecule has 6 aromatic heterocycles. The first-order valence-electron chi connectivity index (χ1n) is 30.1. The van der Waals surface area contributed by atoms with Crippen molar-refractivity contribution in [2.75, 3.05) is 85.7 Å². The van der Waals surface area contributed by atoms with Crippen molar-refractivity contribution >= 4 is 65.4 Å². The third-order valence-corrected chi connectivity index (χ3v) is 19.1. The molecule has 87 heavy (non-hydrogen) atoms. The Kier molecular flexibility index (Phi) is 18.8. The molecule has 0 saturated carbocycles. The summed E-state index contributed by atoms with van der Waals surface area (Å²) in [5.41, 5.74) is 14.0. The summed E-state index contributed by atoms with van der Waals surface area (Å²) in [6.45, 7) is 29.9. The van der Waals surface area contributed by atoms with E-state index in [-0.39, 0.29) is 41.8 Å². The van der Waals surface area contributed by atoms with Gasteiger partial charge in [-0.25, -0.2) is 23.4 Å². The third-order valence-electron chi connectivity index (χ3n) is 17.5. The second kappa shape index (κ2) is 26.4. The predicted molar refractivity (Wildman–Crippen MR) is 349 cm³/mol. The number of likely N-dealkylation sites (N-methyl/N-ethyl adjacent to an activating group) is 2. The van der Waals surface area contributed by atoms with E-state index in [2.05, 4.69) is 202 Å². The van der Waals surface area contributed by atoms with E-state index in [9.17, 15) is 8.42 Å². The Hall–Kier alpha value is -8.20. The van der Waals surface area contributed by atoms with Gasteiger partial charge in [0.2, 0.25) is 11.8 Å². The van der Waals surface area contributed by atoms with Crippen LogP contribution in [0.5, 0.6) is 11.8 Å². The molecule has 9 aromatic rings. The zero-order chi connectivity index (χ0) is 61.8. The minimum Gasteiger partial charge on any atom is -0.473 e. The van der Waals surface area contributed by atoms with Crippen LogP contribution < -0.4 is 30.3 Å². The van der Waals surface area contributed by atoms with E-state index < -0.39 is 9.84 Å². The van der Waals surface area contributed by atoms with Gasteiger partial charge in [-0.05, 0) is 160 Å². The van der Waals surface area contributed by atoms with Gasteiger partial charge in [0.1, 0.15) is 18.0 Å². The molecule has 0 aliphatic carbocycles. The molecule has 456 valence electrons. The molecular formula is C67H83N15O4S. The lowest BCUT2D eigenvalue weighted by atomic mass is 9.98. The zero-order valence-electron chi connectivity index (χ0n) is 52.8. The maximum absolute atomic E-state index is 11.8. The van der Waals surface area contributed by atoms with Crippen LogP contribution in [0.25, 0.3) is 32.3 Å². The van der Waals surface area contributed by atoms with Crippen LogP contribution in [-0.2, 0) is 9.84 Å². The average molecular weight is 1190 g/mol. The number of aromatic nitrogens is 9. The summed E-state index contributed by atoms with van der Waals surface area (Å²) in [4.78, 5) is 20.1. The molecule has 12 rings (SSSR count). The highest BCUT2D eigenvalue weighted by Crippen LogP contribution is 2.34. The first-order chi connectivity index (χ1) is 41.6. The summed E-state index contributed by atoms with van der Waals surface area (Å²) in [5.74, 6) is 4.60. The Morgan fingerprint density at radius 1 is 0.471 bits per heavy atom. The van der Waals surface area contributed by atoms with Crippen molar-refractivity contribution in [1.82, 2.24) is 55.3 Å². The van der Waals surface area contributed by atoms with Crippen molar-refractivity contribution in [2.24, 2.45) is 0 Å². The van der Waals surface area contributed by atoms with Gasteiger partial charge in [-0.2, -0.15) is 15.3 Å². The fourth-order valence-corrected chi connectivity index (χ4v) is 12.9. The van der Waals surface area contributed by atoms with E-state index in [4.69, 9.17) is 9.47 Å². The number of likely N-dealkylation sites (tertiary alicyclic amines) is 2. The van der Waals surface area contributed by atoms with E-state index in [1.165, 1.54) is 50.1 Å². The number of rotatable bonds is 14. The van der Waals surface area contributed by atoms with Crippen LogP contribution in [0.1, 0.15) is 112 Å². The summed E-state index contributed by atoms with van der Waals surface area (Å²) in [5, 5.41) is 42.8. The Morgan fingerprint density at radius 2 is 0.851 bits per heavy atom. The number of nitrogens with one attached hydrogen (secondary N) is 3. The molecule has 9 heterocycles. The maximum atomic E-state index is 11.8. The van der Waals surface area contributed by atoms with Gasteiger partial charge in [0.15, 0.2) is 27.3 Å². The summed E-state index contributed by atoms with van der Waals surface area (Å²) in [6.07, 6.45) is 6.91. The Morgan fingerprint density at radius 3 is 1.24 bits per heavy atom. The van der Waals surface area contributed by atoms with Crippen LogP contribution in [-0.4, -0.2) is 141 Å². The van der Waals surface area contributed by atoms with Gasteiger partial charge in [0.05, 0.1) is 46.7 Å². The minimum atomic E-state index is -2.94. The van der Waals surface area contributed by atoms with Crippen molar-refractivity contribution in [3.8, 4) is 11.8 Å². The largest absolute Gasteiger partial charge is 0.473 e. The Labute approximate surface area is 512 Å². The first-order valence-corrected chi connectivity index (χ1v) is 31.9. The van der Waals surface area contributed by atoms with E-state index >= 15 is 0 Å². The minimum absolute atomic E-state index is 0.0573. The SMILES string of the molecule is Cc1cccc([C@@H](C)Nc2nnc(C)c3cnc(N4CCS(=O)(=O)CC4)cc23)c1C.Cc1cccc([C@@H](C)Nc2nnc(C)c3cnc(OC4CN(C)C4)cc23)c1C.Cc1cccc([C@@H](C)Nc2nnc(C)c3cnc(O[C@H]4CCN(C)C4)cc23)c1C. The quantitative estimate of drug-likeness (QED) is 0.0923. The van der Waals surface area contributed by atoms with Crippen LogP contribution >= 0.6 is 0 Å². The molecule has 4 atom stereocenters. The van der Waals surface area contributed by atoms with E-state index in [1.807, 2.05) is 62.5 Å². The Bertz CT molecular complexity index is 4070. The van der Waals surface area contributed by atoms with Crippen molar-refractivity contribution < 1.29 is 17.9 Å². The molecule has 0 spiro atoms. The summed E-state index contributed by atoms with van der Waals surface area (Å²) < 4.78 is 35.7. The monoisotopic (exact) mass is 1190 g/mol. The summed E-state index contributed by atoms with van der Waals surface area (Å²) >= 11 is 0. The van der Waals surface area contributed by atoms with E-state index in [0.717, 1.165) is 99.5 Å². The van der Waals surface area contributed by atoms with Crippen molar-refractivity contribution in [1.29, 1.82) is 0 Å². The number of hydrogen-bond donors (Lipinski definition) is 3.